The number of carbonyl (C=O) groups is 2. The van der Waals surface area contributed by atoms with Gasteiger partial charge in [0.1, 0.15) is 11.3 Å². The molecule has 0 fully saturated rings. The molecular formula is C27H19BrClNO5. The fourth-order valence-corrected chi connectivity index (χ4v) is 4.82. The summed E-state index contributed by atoms with van der Waals surface area (Å²) in [4.78, 5) is 28.2. The first kappa shape index (κ1) is 23.2. The zero-order valence-electron chi connectivity index (χ0n) is 18.2. The number of benzene rings is 3. The number of amides is 1. The Morgan fingerprint density at radius 1 is 1.03 bits per heavy atom. The highest BCUT2D eigenvalue weighted by atomic mass is 79.9. The summed E-state index contributed by atoms with van der Waals surface area (Å²) in [6, 6.07) is 19.6. The molecule has 1 unspecified atom stereocenters. The molecule has 2 heterocycles. The molecule has 5 rings (SSSR count). The molecule has 35 heavy (non-hydrogen) atoms. The highest BCUT2D eigenvalue weighted by Gasteiger charge is 2.44. The summed E-state index contributed by atoms with van der Waals surface area (Å²) >= 11 is 9.37. The number of carbonyl (C=O) groups excluding carboxylic acids is 2. The Balaban J connectivity index is 1.54. The summed E-state index contributed by atoms with van der Waals surface area (Å²) in [6.07, 6.45) is 0.478. The van der Waals surface area contributed by atoms with E-state index in [0.29, 0.717) is 28.0 Å². The maximum atomic E-state index is 13.6. The average molecular weight is 553 g/mol. The van der Waals surface area contributed by atoms with Crippen LogP contribution in [0.2, 0.25) is 5.02 Å². The number of halogens is 2. The number of rotatable bonds is 6. The van der Waals surface area contributed by atoms with E-state index < -0.39 is 23.5 Å². The van der Waals surface area contributed by atoms with Crippen molar-refractivity contribution in [2.45, 2.75) is 12.5 Å². The number of hydrogen-bond acceptors (Lipinski definition) is 5. The first-order valence-corrected chi connectivity index (χ1v) is 12.0. The predicted molar refractivity (Wildman–Crippen MR) is 136 cm³/mol. The van der Waals surface area contributed by atoms with Gasteiger partial charge in [-0.05, 0) is 66.1 Å². The fourth-order valence-electron chi connectivity index (χ4n) is 4.32. The third-order valence-electron chi connectivity index (χ3n) is 5.99. The van der Waals surface area contributed by atoms with Gasteiger partial charge in [-0.2, -0.15) is 0 Å². The standard InChI is InChI=1S/C27H19BrClNO5/c28-18-6-9-21-17(12-18)14-22(35-21)25(32)23-24(16-2-1-3-20(31)13-16)30(27(34)26(23)33)11-10-15-4-7-19(29)8-5-15/h1-9,12-14,24,31,33H,10-11H2. The topological polar surface area (TPSA) is 91.0 Å². The van der Waals surface area contributed by atoms with Crippen molar-refractivity contribution in [2.75, 3.05) is 6.54 Å². The predicted octanol–water partition coefficient (Wildman–Crippen LogP) is 6.38. The van der Waals surface area contributed by atoms with Gasteiger partial charge in [0.25, 0.3) is 5.91 Å². The van der Waals surface area contributed by atoms with Gasteiger partial charge >= 0.3 is 0 Å². The first-order valence-electron chi connectivity index (χ1n) is 10.8. The summed E-state index contributed by atoms with van der Waals surface area (Å²) < 4.78 is 6.58. The van der Waals surface area contributed by atoms with Crippen LogP contribution < -0.4 is 0 Å². The van der Waals surface area contributed by atoms with E-state index in [0.717, 1.165) is 10.0 Å². The molecule has 176 valence electrons. The summed E-state index contributed by atoms with van der Waals surface area (Å²) in [5.41, 5.74) is 1.86. The summed E-state index contributed by atoms with van der Waals surface area (Å²) in [5.74, 6) is -1.88. The molecule has 0 saturated heterocycles. The number of nitrogens with zero attached hydrogens (tertiary/aromatic N) is 1. The minimum atomic E-state index is -0.894. The normalized spacial score (nSPS) is 15.9. The smallest absolute Gasteiger partial charge is 0.290 e. The SMILES string of the molecule is O=C(C1=C(O)C(=O)N(CCc2ccc(Cl)cc2)C1c1cccc(O)c1)c1cc2cc(Br)ccc2o1. The number of Topliss-reactive ketones (excluding diaryl/α,β-unsaturated/α-hetero) is 1. The maximum Gasteiger partial charge on any atom is 0.290 e. The van der Waals surface area contributed by atoms with Crippen LogP contribution in [0, 0.1) is 0 Å². The molecule has 2 N–H and O–H groups in total. The molecule has 1 atom stereocenters. The second-order valence-electron chi connectivity index (χ2n) is 8.26. The molecule has 1 amide bonds. The Bertz CT molecular complexity index is 1490. The van der Waals surface area contributed by atoms with Crippen molar-refractivity contribution in [3.63, 3.8) is 0 Å². The zero-order chi connectivity index (χ0) is 24.7. The molecule has 1 aliphatic rings. The molecule has 0 spiro atoms. The molecule has 4 aromatic rings. The van der Waals surface area contributed by atoms with Gasteiger partial charge in [-0.3, -0.25) is 9.59 Å². The fraction of sp³-hybridized carbons (Fsp3) is 0.111. The van der Waals surface area contributed by atoms with Crippen LogP contribution in [0.5, 0.6) is 5.75 Å². The van der Waals surface area contributed by atoms with Gasteiger partial charge in [0.15, 0.2) is 11.5 Å². The second-order valence-corrected chi connectivity index (χ2v) is 9.61. The van der Waals surface area contributed by atoms with Crippen molar-refractivity contribution in [3.8, 4) is 5.75 Å². The number of aliphatic hydroxyl groups is 1. The average Bonchev–Trinajstić information content (AvgIpc) is 3.37. The van der Waals surface area contributed by atoms with E-state index in [1.807, 2.05) is 18.2 Å². The highest BCUT2D eigenvalue weighted by Crippen LogP contribution is 2.40. The molecule has 0 bridgehead atoms. The van der Waals surface area contributed by atoms with Crippen LogP contribution in [-0.2, 0) is 11.2 Å². The van der Waals surface area contributed by atoms with E-state index in [1.54, 1.807) is 42.5 Å². The zero-order valence-corrected chi connectivity index (χ0v) is 20.6. The summed E-state index contributed by atoms with van der Waals surface area (Å²) in [7, 11) is 0. The number of phenols is 1. The van der Waals surface area contributed by atoms with E-state index >= 15 is 0 Å². The largest absolute Gasteiger partial charge is 0.508 e. The monoisotopic (exact) mass is 551 g/mol. The van der Waals surface area contributed by atoms with Crippen molar-refractivity contribution in [1.82, 2.24) is 4.90 Å². The number of phenolic OH excluding ortho intramolecular Hbond substituents is 1. The van der Waals surface area contributed by atoms with Gasteiger partial charge in [-0.15, -0.1) is 0 Å². The molecule has 8 heteroatoms. The van der Waals surface area contributed by atoms with Crippen LogP contribution in [0.3, 0.4) is 0 Å². The molecule has 1 aliphatic heterocycles. The van der Waals surface area contributed by atoms with Gasteiger partial charge in [0.2, 0.25) is 5.78 Å². The Hall–Kier alpha value is -3.55. The van der Waals surface area contributed by atoms with Crippen LogP contribution in [0.25, 0.3) is 11.0 Å². The van der Waals surface area contributed by atoms with Crippen LogP contribution >= 0.6 is 27.5 Å². The lowest BCUT2D eigenvalue weighted by Gasteiger charge is -2.27. The molecular weight excluding hydrogens is 534 g/mol. The second kappa shape index (κ2) is 9.24. The van der Waals surface area contributed by atoms with Crippen LogP contribution in [0.1, 0.15) is 27.7 Å². The molecule has 1 aromatic heterocycles. The van der Waals surface area contributed by atoms with Gasteiger partial charge in [0, 0.05) is 21.4 Å². The highest BCUT2D eigenvalue weighted by molar-refractivity contribution is 9.10. The van der Waals surface area contributed by atoms with Crippen molar-refractivity contribution < 1.29 is 24.2 Å². The van der Waals surface area contributed by atoms with Crippen LogP contribution in [0.15, 0.2) is 93.0 Å². The minimum Gasteiger partial charge on any atom is -0.508 e. The summed E-state index contributed by atoms with van der Waals surface area (Å²) in [6.45, 7) is 0.231. The first-order chi connectivity index (χ1) is 16.8. The molecule has 0 saturated carbocycles. The maximum absolute atomic E-state index is 13.6. The molecule has 6 nitrogen and oxygen atoms in total. The van der Waals surface area contributed by atoms with E-state index in [2.05, 4.69) is 15.9 Å². The van der Waals surface area contributed by atoms with Gasteiger partial charge in [-0.1, -0.05) is 51.8 Å². The van der Waals surface area contributed by atoms with Crippen molar-refractivity contribution in [1.29, 1.82) is 0 Å². The number of aliphatic hydroxyl groups excluding tert-OH is 1. The van der Waals surface area contributed by atoms with Crippen molar-refractivity contribution in [2.24, 2.45) is 0 Å². The van der Waals surface area contributed by atoms with Gasteiger partial charge in [-0.25, -0.2) is 0 Å². The number of fused-ring (bicyclic) bond motifs is 1. The van der Waals surface area contributed by atoms with E-state index in [1.165, 1.54) is 17.0 Å². The lowest BCUT2D eigenvalue weighted by molar-refractivity contribution is -0.129. The van der Waals surface area contributed by atoms with E-state index in [4.69, 9.17) is 16.0 Å². The Kier molecular flexibility index (Phi) is 6.13. The number of furan rings is 1. The van der Waals surface area contributed by atoms with Crippen LogP contribution in [0.4, 0.5) is 0 Å². The number of aromatic hydroxyl groups is 1. The van der Waals surface area contributed by atoms with Crippen LogP contribution in [-0.4, -0.2) is 33.3 Å². The third-order valence-corrected chi connectivity index (χ3v) is 6.74. The van der Waals surface area contributed by atoms with Gasteiger partial charge in [0.05, 0.1) is 11.6 Å². The summed E-state index contributed by atoms with van der Waals surface area (Å²) in [5, 5.41) is 22.3. The lowest BCUT2D eigenvalue weighted by atomic mass is 9.94. The Morgan fingerprint density at radius 2 is 1.80 bits per heavy atom. The van der Waals surface area contributed by atoms with Gasteiger partial charge < -0.3 is 19.5 Å². The quantitative estimate of drug-likeness (QED) is 0.271. The Morgan fingerprint density at radius 3 is 2.54 bits per heavy atom. The minimum absolute atomic E-state index is 0.0113. The molecule has 0 radical (unpaired) electrons. The lowest BCUT2D eigenvalue weighted by Crippen LogP contribution is -2.33. The molecule has 0 aliphatic carbocycles. The molecule has 3 aromatic carbocycles. The Labute approximate surface area is 214 Å². The van der Waals surface area contributed by atoms with Crippen molar-refractivity contribution >= 4 is 50.2 Å². The van der Waals surface area contributed by atoms with Crippen molar-refractivity contribution in [3.05, 3.63) is 111 Å². The number of ketones is 1. The van der Waals surface area contributed by atoms with E-state index in [-0.39, 0.29) is 23.6 Å². The third kappa shape index (κ3) is 4.45. The number of hydrogen-bond donors (Lipinski definition) is 2. The van der Waals surface area contributed by atoms with E-state index in [9.17, 15) is 19.8 Å².